The Labute approximate surface area is 197 Å². The SMILES string of the molecule is O=C(/C=C/CNCCO)N1CCC(Nc2ncnc3nc(C#CCOc4ccccc4)[nH]c23)C1. The van der Waals surface area contributed by atoms with Crippen LogP contribution in [0.15, 0.2) is 48.8 Å². The molecule has 176 valence electrons. The number of hydrogen-bond donors (Lipinski definition) is 4. The predicted octanol–water partition coefficient (Wildman–Crippen LogP) is 0.934. The van der Waals surface area contributed by atoms with Crippen LogP contribution < -0.4 is 15.4 Å². The summed E-state index contributed by atoms with van der Waals surface area (Å²) in [5.41, 5.74) is 1.20. The highest BCUT2D eigenvalue weighted by Crippen LogP contribution is 2.20. The maximum Gasteiger partial charge on any atom is 0.246 e. The molecule has 0 saturated carbocycles. The monoisotopic (exact) mass is 461 g/mol. The van der Waals surface area contributed by atoms with E-state index in [9.17, 15) is 4.79 Å². The molecule has 1 aromatic carbocycles. The summed E-state index contributed by atoms with van der Waals surface area (Å²) in [6, 6.07) is 9.56. The zero-order valence-corrected chi connectivity index (χ0v) is 18.7. The van der Waals surface area contributed by atoms with E-state index < -0.39 is 0 Å². The zero-order valence-electron chi connectivity index (χ0n) is 18.7. The molecule has 10 nitrogen and oxygen atoms in total. The molecule has 1 unspecified atom stereocenters. The number of anilines is 1. The third kappa shape index (κ3) is 6.31. The summed E-state index contributed by atoms with van der Waals surface area (Å²) in [7, 11) is 0. The van der Waals surface area contributed by atoms with Crippen molar-refractivity contribution in [3.63, 3.8) is 0 Å². The number of carbonyl (C=O) groups excluding carboxylic acids is 1. The molecule has 1 fully saturated rings. The second-order valence-electron chi connectivity index (χ2n) is 7.65. The van der Waals surface area contributed by atoms with Crippen molar-refractivity contribution in [3.05, 3.63) is 54.6 Å². The molecule has 0 radical (unpaired) electrons. The van der Waals surface area contributed by atoms with Crippen LogP contribution in [-0.2, 0) is 4.79 Å². The van der Waals surface area contributed by atoms with E-state index in [0.29, 0.717) is 49.0 Å². The minimum atomic E-state index is -0.0280. The molecule has 2 aromatic heterocycles. The van der Waals surface area contributed by atoms with Crippen LogP contribution in [-0.4, -0.2) is 81.3 Å². The van der Waals surface area contributed by atoms with Gasteiger partial charge in [0, 0.05) is 38.3 Å². The van der Waals surface area contributed by atoms with Crippen molar-refractivity contribution >= 4 is 22.9 Å². The van der Waals surface area contributed by atoms with E-state index in [1.807, 2.05) is 30.3 Å². The Morgan fingerprint density at radius 1 is 1.32 bits per heavy atom. The fourth-order valence-electron chi connectivity index (χ4n) is 3.55. The van der Waals surface area contributed by atoms with Gasteiger partial charge in [0.1, 0.15) is 24.2 Å². The minimum absolute atomic E-state index is 0.0280. The van der Waals surface area contributed by atoms with Gasteiger partial charge < -0.3 is 30.4 Å². The van der Waals surface area contributed by atoms with Crippen LogP contribution in [0.25, 0.3) is 11.2 Å². The lowest BCUT2D eigenvalue weighted by molar-refractivity contribution is -0.125. The van der Waals surface area contributed by atoms with E-state index in [2.05, 4.69) is 42.4 Å². The topological polar surface area (TPSA) is 128 Å². The molecule has 1 aliphatic heterocycles. The fraction of sp³-hybridized carbons (Fsp3) is 0.333. The number of imidazole rings is 1. The number of para-hydroxylation sites is 1. The lowest BCUT2D eigenvalue weighted by Gasteiger charge is -2.16. The van der Waals surface area contributed by atoms with Crippen molar-refractivity contribution in [2.45, 2.75) is 12.5 Å². The Balaban J connectivity index is 1.33. The van der Waals surface area contributed by atoms with Crippen molar-refractivity contribution in [2.24, 2.45) is 0 Å². The summed E-state index contributed by atoms with van der Waals surface area (Å²) in [5, 5.41) is 15.2. The van der Waals surface area contributed by atoms with Gasteiger partial charge in [0.2, 0.25) is 5.91 Å². The van der Waals surface area contributed by atoms with Gasteiger partial charge in [-0.1, -0.05) is 30.2 Å². The molecule has 4 N–H and O–H groups in total. The van der Waals surface area contributed by atoms with Crippen molar-refractivity contribution < 1.29 is 14.6 Å². The zero-order chi connectivity index (χ0) is 23.6. The Hall–Kier alpha value is -3.94. The number of H-pyrrole nitrogens is 1. The number of hydrogen-bond acceptors (Lipinski definition) is 8. The maximum absolute atomic E-state index is 12.4. The second kappa shape index (κ2) is 11.8. The van der Waals surface area contributed by atoms with E-state index >= 15 is 0 Å². The largest absolute Gasteiger partial charge is 0.481 e. The van der Waals surface area contributed by atoms with E-state index in [-0.39, 0.29) is 25.2 Å². The molecular weight excluding hydrogens is 434 g/mol. The first-order chi connectivity index (χ1) is 16.7. The van der Waals surface area contributed by atoms with Crippen molar-refractivity contribution in [1.82, 2.24) is 30.2 Å². The molecule has 1 aliphatic rings. The lowest BCUT2D eigenvalue weighted by Crippen LogP contribution is -2.30. The van der Waals surface area contributed by atoms with E-state index in [0.717, 1.165) is 12.2 Å². The summed E-state index contributed by atoms with van der Waals surface area (Å²) in [6.45, 7) is 2.62. The van der Waals surface area contributed by atoms with Gasteiger partial charge >= 0.3 is 0 Å². The van der Waals surface area contributed by atoms with Crippen molar-refractivity contribution in [1.29, 1.82) is 0 Å². The van der Waals surface area contributed by atoms with E-state index in [1.165, 1.54) is 6.33 Å². The van der Waals surface area contributed by atoms with Gasteiger partial charge in [-0.05, 0) is 24.5 Å². The Morgan fingerprint density at radius 2 is 2.21 bits per heavy atom. The minimum Gasteiger partial charge on any atom is -0.481 e. The summed E-state index contributed by atoms with van der Waals surface area (Å²) in [4.78, 5) is 30.3. The molecule has 3 aromatic rings. The van der Waals surface area contributed by atoms with Crippen LogP contribution in [0.1, 0.15) is 12.2 Å². The van der Waals surface area contributed by atoms with Gasteiger partial charge in [0.15, 0.2) is 17.3 Å². The molecule has 4 rings (SSSR count). The quantitative estimate of drug-likeness (QED) is 0.211. The van der Waals surface area contributed by atoms with Crippen LogP contribution in [0, 0.1) is 11.8 Å². The van der Waals surface area contributed by atoms with Crippen LogP contribution >= 0.6 is 0 Å². The van der Waals surface area contributed by atoms with Gasteiger partial charge in [-0.2, -0.15) is 0 Å². The number of fused-ring (bicyclic) bond motifs is 1. The second-order valence-corrected chi connectivity index (χ2v) is 7.65. The lowest BCUT2D eigenvalue weighted by atomic mass is 10.2. The number of aliphatic hydroxyl groups excluding tert-OH is 1. The molecule has 3 heterocycles. The van der Waals surface area contributed by atoms with Crippen LogP contribution in [0.3, 0.4) is 0 Å². The number of likely N-dealkylation sites (tertiary alicyclic amines) is 1. The standard InChI is InChI=1S/C24H27N7O3/c32-14-12-25-11-4-9-21(33)31-13-10-18(16-31)28-23-22-24(27-17-26-23)30-20(29-22)8-5-15-34-19-6-2-1-3-7-19/h1-4,6-7,9,17-18,25,32H,10-16H2,(H2,26,27,28,29,30)/b9-4+. The highest BCUT2D eigenvalue weighted by atomic mass is 16.5. The van der Waals surface area contributed by atoms with Crippen molar-refractivity contribution in [3.8, 4) is 17.6 Å². The van der Waals surface area contributed by atoms with Gasteiger partial charge in [-0.3, -0.25) is 4.79 Å². The first-order valence-corrected chi connectivity index (χ1v) is 11.1. The number of aliphatic hydroxyl groups is 1. The third-order valence-corrected chi connectivity index (χ3v) is 5.20. The fourth-order valence-corrected chi connectivity index (χ4v) is 3.55. The average molecular weight is 462 g/mol. The van der Waals surface area contributed by atoms with Crippen LogP contribution in [0.5, 0.6) is 5.75 Å². The number of rotatable bonds is 9. The van der Waals surface area contributed by atoms with Crippen LogP contribution in [0.2, 0.25) is 0 Å². The normalized spacial score (nSPS) is 15.4. The highest BCUT2D eigenvalue weighted by Gasteiger charge is 2.26. The summed E-state index contributed by atoms with van der Waals surface area (Å²) < 4.78 is 5.58. The van der Waals surface area contributed by atoms with Crippen LogP contribution in [0.4, 0.5) is 5.82 Å². The first-order valence-electron chi connectivity index (χ1n) is 11.1. The first kappa shape index (κ1) is 23.2. The van der Waals surface area contributed by atoms with Gasteiger partial charge in [0.05, 0.1) is 6.61 Å². The number of benzene rings is 1. The number of aromatic amines is 1. The summed E-state index contributed by atoms with van der Waals surface area (Å²) >= 11 is 0. The Morgan fingerprint density at radius 3 is 3.06 bits per heavy atom. The number of amides is 1. The Bertz CT molecular complexity index is 1180. The summed E-state index contributed by atoms with van der Waals surface area (Å²) in [6.07, 6.45) is 5.61. The van der Waals surface area contributed by atoms with E-state index in [1.54, 1.807) is 17.1 Å². The molecule has 10 heteroatoms. The number of aromatic nitrogens is 4. The number of nitrogens with zero attached hydrogens (tertiary/aromatic N) is 4. The third-order valence-electron chi connectivity index (χ3n) is 5.20. The molecule has 0 spiro atoms. The Kier molecular flexibility index (Phi) is 8.05. The smallest absolute Gasteiger partial charge is 0.246 e. The molecule has 1 saturated heterocycles. The van der Waals surface area contributed by atoms with Gasteiger partial charge in [0.25, 0.3) is 0 Å². The number of carbonyl (C=O) groups is 1. The molecule has 0 aliphatic carbocycles. The van der Waals surface area contributed by atoms with E-state index in [4.69, 9.17) is 9.84 Å². The number of nitrogens with one attached hydrogen (secondary N) is 3. The predicted molar refractivity (Wildman–Crippen MR) is 128 cm³/mol. The maximum atomic E-state index is 12.4. The average Bonchev–Trinajstić information content (AvgIpc) is 3.50. The number of ether oxygens (including phenoxy) is 1. The molecule has 34 heavy (non-hydrogen) atoms. The van der Waals surface area contributed by atoms with Gasteiger partial charge in [-0.15, -0.1) is 0 Å². The molecule has 1 amide bonds. The molecule has 0 bridgehead atoms. The highest BCUT2D eigenvalue weighted by molar-refractivity contribution is 5.88. The van der Waals surface area contributed by atoms with Crippen molar-refractivity contribution in [2.75, 3.05) is 44.7 Å². The molecular formula is C24H27N7O3. The summed E-state index contributed by atoms with van der Waals surface area (Å²) in [5.74, 6) is 7.76. The molecule has 1 atom stereocenters. The van der Waals surface area contributed by atoms with Gasteiger partial charge in [-0.25, -0.2) is 15.0 Å².